The number of carbonyl (C=O) groups is 1. The lowest BCUT2D eigenvalue weighted by atomic mass is 10.1. The Balaban J connectivity index is 2.61. The molecule has 0 heterocycles. The fraction of sp³-hybridized carbons (Fsp3) is 0.500. The van der Waals surface area contributed by atoms with E-state index >= 15 is 0 Å². The lowest BCUT2D eigenvalue weighted by Crippen LogP contribution is -2.31. The number of nitrogens with two attached hydrogens (primary N) is 1. The molecule has 0 atom stereocenters. The van der Waals surface area contributed by atoms with Crippen LogP contribution in [0.3, 0.4) is 0 Å². The van der Waals surface area contributed by atoms with Gasteiger partial charge in [-0.15, -0.1) is 11.8 Å². The Hall–Kier alpha value is -1.00. The molecule has 0 aromatic heterocycles. The van der Waals surface area contributed by atoms with E-state index in [4.69, 9.17) is 5.73 Å². The van der Waals surface area contributed by atoms with Gasteiger partial charge in [0.2, 0.25) is 5.91 Å². The Morgan fingerprint density at radius 1 is 1.33 bits per heavy atom. The minimum absolute atomic E-state index is 0.201. The Kier molecular flexibility index (Phi) is 6.22. The van der Waals surface area contributed by atoms with Crippen LogP contribution in [0.2, 0.25) is 0 Å². The van der Waals surface area contributed by atoms with Crippen LogP contribution in [-0.2, 0) is 11.3 Å². The molecular formula is C14H22N2OS. The van der Waals surface area contributed by atoms with Gasteiger partial charge in [0, 0.05) is 24.5 Å². The van der Waals surface area contributed by atoms with Crippen LogP contribution in [0.25, 0.3) is 0 Å². The van der Waals surface area contributed by atoms with Gasteiger partial charge in [-0.1, -0.05) is 12.1 Å². The molecule has 1 aromatic carbocycles. The third-order valence-corrected chi connectivity index (χ3v) is 4.10. The van der Waals surface area contributed by atoms with Gasteiger partial charge >= 0.3 is 0 Å². The summed E-state index contributed by atoms with van der Waals surface area (Å²) < 4.78 is 0. The molecule has 1 amide bonds. The maximum absolute atomic E-state index is 11.9. The SMILES string of the molecule is CCN(CC)C(=O)CSc1ccc(CN)cc1C. The van der Waals surface area contributed by atoms with Gasteiger partial charge in [0.15, 0.2) is 0 Å². The van der Waals surface area contributed by atoms with Crippen LogP contribution in [0.5, 0.6) is 0 Å². The van der Waals surface area contributed by atoms with Crippen molar-refractivity contribution in [2.24, 2.45) is 5.73 Å². The molecule has 0 unspecified atom stereocenters. The first-order valence-electron chi connectivity index (χ1n) is 6.32. The number of aryl methyl sites for hydroxylation is 1. The zero-order valence-corrected chi connectivity index (χ0v) is 12.2. The van der Waals surface area contributed by atoms with Crippen LogP contribution >= 0.6 is 11.8 Å². The Bertz CT molecular complexity index is 403. The van der Waals surface area contributed by atoms with Gasteiger partial charge in [-0.25, -0.2) is 0 Å². The average Bonchev–Trinajstić information content (AvgIpc) is 2.38. The molecule has 0 aliphatic heterocycles. The van der Waals surface area contributed by atoms with E-state index in [0.717, 1.165) is 23.5 Å². The van der Waals surface area contributed by atoms with Gasteiger partial charge in [0.25, 0.3) is 0 Å². The molecule has 0 saturated carbocycles. The molecule has 0 aliphatic rings. The summed E-state index contributed by atoms with van der Waals surface area (Å²) in [5.74, 6) is 0.706. The topological polar surface area (TPSA) is 46.3 Å². The maximum atomic E-state index is 11.9. The smallest absolute Gasteiger partial charge is 0.232 e. The van der Waals surface area contributed by atoms with Crippen molar-refractivity contribution in [3.8, 4) is 0 Å². The van der Waals surface area contributed by atoms with E-state index in [-0.39, 0.29) is 5.91 Å². The molecule has 18 heavy (non-hydrogen) atoms. The third-order valence-electron chi connectivity index (χ3n) is 2.94. The fourth-order valence-electron chi connectivity index (χ4n) is 1.81. The summed E-state index contributed by atoms with van der Waals surface area (Å²) in [5, 5.41) is 0. The van der Waals surface area contributed by atoms with Crippen LogP contribution in [0.1, 0.15) is 25.0 Å². The van der Waals surface area contributed by atoms with Crippen molar-refractivity contribution < 1.29 is 4.79 Å². The number of nitrogens with zero attached hydrogens (tertiary/aromatic N) is 1. The normalized spacial score (nSPS) is 10.4. The first kappa shape index (κ1) is 15.1. The van der Waals surface area contributed by atoms with Crippen LogP contribution in [0, 0.1) is 6.92 Å². The van der Waals surface area contributed by atoms with Crippen LogP contribution in [-0.4, -0.2) is 29.6 Å². The van der Waals surface area contributed by atoms with Crippen LogP contribution < -0.4 is 5.73 Å². The standard InChI is InChI=1S/C14H22N2OS/c1-4-16(5-2)14(17)10-18-13-7-6-12(9-15)8-11(13)3/h6-8H,4-5,9-10,15H2,1-3H3. The number of benzene rings is 1. The summed E-state index contributed by atoms with van der Waals surface area (Å²) in [6.45, 7) is 8.19. The Morgan fingerprint density at radius 3 is 2.50 bits per heavy atom. The molecule has 0 spiro atoms. The lowest BCUT2D eigenvalue weighted by Gasteiger charge is -2.18. The molecule has 0 aliphatic carbocycles. The summed E-state index contributed by atoms with van der Waals surface area (Å²) in [6.07, 6.45) is 0. The van der Waals surface area contributed by atoms with E-state index in [1.165, 1.54) is 5.56 Å². The second-order valence-electron chi connectivity index (χ2n) is 4.16. The number of amides is 1. The monoisotopic (exact) mass is 266 g/mol. The maximum Gasteiger partial charge on any atom is 0.232 e. The van der Waals surface area contributed by atoms with E-state index in [1.54, 1.807) is 11.8 Å². The Morgan fingerprint density at radius 2 is 2.00 bits per heavy atom. The molecule has 100 valence electrons. The van der Waals surface area contributed by atoms with Gasteiger partial charge in [-0.05, 0) is 38.0 Å². The first-order valence-corrected chi connectivity index (χ1v) is 7.31. The quantitative estimate of drug-likeness (QED) is 0.804. The second-order valence-corrected chi connectivity index (χ2v) is 5.18. The fourth-order valence-corrected chi connectivity index (χ4v) is 2.72. The molecule has 3 nitrogen and oxygen atoms in total. The van der Waals surface area contributed by atoms with E-state index in [9.17, 15) is 4.79 Å². The van der Waals surface area contributed by atoms with Gasteiger partial charge in [-0.2, -0.15) is 0 Å². The van der Waals surface area contributed by atoms with Crippen LogP contribution in [0.15, 0.2) is 23.1 Å². The summed E-state index contributed by atoms with van der Waals surface area (Å²) in [6, 6.07) is 6.17. The third kappa shape index (κ3) is 4.03. The number of carbonyl (C=O) groups excluding carboxylic acids is 1. The van der Waals surface area contributed by atoms with Crippen molar-refractivity contribution in [3.05, 3.63) is 29.3 Å². The van der Waals surface area contributed by atoms with Gasteiger partial charge in [0.1, 0.15) is 0 Å². The molecule has 2 N–H and O–H groups in total. The van der Waals surface area contributed by atoms with Crippen molar-refractivity contribution >= 4 is 17.7 Å². The van der Waals surface area contributed by atoms with Crippen molar-refractivity contribution in [2.45, 2.75) is 32.2 Å². The summed E-state index contributed by atoms with van der Waals surface area (Å²) >= 11 is 1.60. The summed E-state index contributed by atoms with van der Waals surface area (Å²) in [5.41, 5.74) is 7.92. The largest absolute Gasteiger partial charge is 0.343 e. The van der Waals surface area contributed by atoms with Gasteiger partial charge in [-0.3, -0.25) is 4.79 Å². The van der Waals surface area contributed by atoms with Gasteiger partial charge in [0.05, 0.1) is 5.75 Å². The molecule has 1 rings (SSSR count). The highest BCUT2D eigenvalue weighted by molar-refractivity contribution is 8.00. The lowest BCUT2D eigenvalue weighted by molar-refractivity contribution is -0.127. The summed E-state index contributed by atoms with van der Waals surface area (Å²) in [7, 11) is 0. The van der Waals surface area contributed by atoms with Crippen LogP contribution in [0.4, 0.5) is 0 Å². The highest BCUT2D eigenvalue weighted by Crippen LogP contribution is 2.23. The van der Waals surface area contributed by atoms with E-state index in [2.05, 4.69) is 19.1 Å². The van der Waals surface area contributed by atoms with Gasteiger partial charge < -0.3 is 10.6 Å². The number of hydrogen-bond acceptors (Lipinski definition) is 3. The molecular weight excluding hydrogens is 244 g/mol. The highest BCUT2D eigenvalue weighted by atomic mass is 32.2. The van der Waals surface area contributed by atoms with Crippen molar-refractivity contribution in [1.29, 1.82) is 0 Å². The molecule has 1 aromatic rings. The first-order chi connectivity index (χ1) is 8.62. The number of thioether (sulfide) groups is 1. The zero-order valence-electron chi connectivity index (χ0n) is 11.4. The molecule has 0 fully saturated rings. The summed E-state index contributed by atoms with van der Waals surface area (Å²) in [4.78, 5) is 14.9. The average molecular weight is 266 g/mol. The minimum Gasteiger partial charge on any atom is -0.343 e. The molecule has 0 bridgehead atoms. The number of hydrogen-bond donors (Lipinski definition) is 1. The molecule has 4 heteroatoms. The van der Waals surface area contributed by atoms with Crippen molar-refractivity contribution in [2.75, 3.05) is 18.8 Å². The predicted octanol–water partition coefficient (Wildman–Crippen LogP) is 2.41. The van der Waals surface area contributed by atoms with Crippen molar-refractivity contribution in [3.63, 3.8) is 0 Å². The van der Waals surface area contributed by atoms with Crippen molar-refractivity contribution in [1.82, 2.24) is 4.90 Å². The molecule has 0 saturated heterocycles. The zero-order chi connectivity index (χ0) is 13.5. The van der Waals surface area contributed by atoms with E-state index < -0.39 is 0 Å². The second kappa shape index (κ2) is 7.44. The number of rotatable bonds is 6. The molecule has 0 radical (unpaired) electrons. The highest BCUT2D eigenvalue weighted by Gasteiger charge is 2.10. The minimum atomic E-state index is 0.201. The predicted molar refractivity (Wildman–Crippen MR) is 77.7 cm³/mol. The van der Waals surface area contributed by atoms with E-state index in [1.807, 2.05) is 24.8 Å². The van der Waals surface area contributed by atoms with E-state index in [0.29, 0.717) is 12.3 Å². The Labute approximate surface area is 114 Å².